The second kappa shape index (κ2) is 2.96. The van der Waals surface area contributed by atoms with Crippen molar-refractivity contribution >= 4 is 6.09 Å². The molecule has 1 saturated heterocycles. The molecule has 0 bridgehead atoms. The molecule has 1 N–H and O–H groups in total. The molecule has 12 heavy (non-hydrogen) atoms. The van der Waals surface area contributed by atoms with E-state index < -0.39 is 0 Å². The normalized spacial score (nSPS) is 35.1. The summed E-state index contributed by atoms with van der Waals surface area (Å²) in [5.41, 5.74) is -0.314. The molecule has 0 aromatic rings. The zero-order chi connectivity index (χ0) is 9.35. The third-order valence-electron chi connectivity index (χ3n) is 2.39. The molecular weight excluding hydrogens is 154 g/mol. The molecule has 0 spiro atoms. The Kier molecular flexibility index (Phi) is 2.31. The summed E-state index contributed by atoms with van der Waals surface area (Å²) in [6.45, 7) is 8.22. The maximum Gasteiger partial charge on any atom is 0.408 e. The van der Waals surface area contributed by atoms with Crippen LogP contribution in [-0.2, 0) is 4.74 Å². The summed E-state index contributed by atoms with van der Waals surface area (Å²) in [5.74, 6) is 0.546. The van der Waals surface area contributed by atoms with Crippen LogP contribution in [0.1, 0.15) is 34.1 Å². The molecule has 2 unspecified atom stereocenters. The predicted octanol–water partition coefficient (Wildman–Crippen LogP) is 1.92. The van der Waals surface area contributed by atoms with E-state index in [0.717, 1.165) is 6.42 Å². The van der Waals surface area contributed by atoms with Crippen LogP contribution >= 0.6 is 0 Å². The standard InChI is InChI=1S/C9H17NO2/c1-6(2)5-9(4)7(3)10-8(11)12-9/h6-7H,5H2,1-4H3,(H,10,11). The van der Waals surface area contributed by atoms with Gasteiger partial charge in [0, 0.05) is 0 Å². The van der Waals surface area contributed by atoms with Gasteiger partial charge in [-0.2, -0.15) is 0 Å². The Labute approximate surface area is 73.5 Å². The molecule has 1 aliphatic rings. The zero-order valence-corrected chi connectivity index (χ0v) is 8.18. The van der Waals surface area contributed by atoms with Gasteiger partial charge in [-0.15, -0.1) is 0 Å². The summed E-state index contributed by atoms with van der Waals surface area (Å²) in [6, 6.07) is 0.118. The second-order valence-corrected chi connectivity index (χ2v) is 4.17. The summed E-state index contributed by atoms with van der Waals surface area (Å²) in [7, 11) is 0. The highest BCUT2D eigenvalue weighted by Gasteiger charge is 2.42. The molecule has 0 aliphatic carbocycles. The number of rotatable bonds is 2. The van der Waals surface area contributed by atoms with E-state index in [1.807, 2.05) is 13.8 Å². The molecular formula is C9H17NO2. The van der Waals surface area contributed by atoms with Crippen molar-refractivity contribution in [2.24, 2.45) is 5.92 Å². The van der Waals surface area contributed by atoms with Gasteiger partial charge >= 0.3 is 6.09 Å². The molecule has 0 aromatic carbocycles. The summed E-state index contributed by atoms with van der Waals surface area (Å²) in [6.07, 6.45) is 0.623. The van der Waals surface area contributed by atoms with Crippen LogP contribution in [0.15, 0.2) is 0 Å². The fraction of sp³-hybridized carbons (Fsp3) is 0.889. The lowest BCUT2D eigenvalue weighted by molar-refractivity contribution is 0.0380. The quantitative estimate of drug-likeness (QED) is 0.689. The van der Waals surface area contributed by atoms with Crippen molar-refractivity contribution < 1.29 is 9.53 Å². The number of amides is 1. The number of nitrogens with one attached hydrogen (secondary N) is 1. The summed E-state index contributed by atoms with van der Waals surface area (Å²) in [4.78, 5) is 10.9. The first-order valence-corrected chi connectivity index (χ1v) is 4.43. The van der Waals surface area contributed by atoms with Gasteiger partial charge in [0.2, 0.25) is 0 Å². The number of carbonyl (C=O) groups excluding carboxylic acids is 1. The van der Waals surface area contributed by atoms with Gasteiger partial charge in [-0.3, -0.25) is 0 Å². The molecule has 1 aliphatic heterocycles. The van der Waals surface area contributed by atoms with Crippen molar-refractivity contribution in [2.45, 2.75) is 45.8 Å². The Morgan fingerprint density at radius 3 is 2.58 bits per heavy atom. The monoisotopic (exact) mass is 171 g/mol. The van der Waals surface area contributed by atoms with Gasteiger partial charge in [0.1, 0.15) is 5.60 Å². The maximum atomic E-state index is 10.9. The van der Waals surface area contributed by atoms with E-state index in [4.69, 9.17) is 4.74 Å². The third kappa shape index (κ3) is 1.71. The van der Waals surface area contributed by atoms with E-state index in [0.29, 0.717) is 5.92 Å². The minimum atomic E-state index is -0.314. The molecule has 3 nitrogen and oxygen atoms in total. The number of ether oxygens (including phenoxy) is 1. The lowest BCUT2D eigenvalue weighted by Gasteiger charge is -2.27. The molecule has 1 rings (SSSR count). The van der Waals surface area contributed by atoms with Crippen LogP contribution in [0.2, 0.25) is 0 Å². The number of hydrogen-bond acceptors (Lipinski definition) is 2. The van der Waals surface area contributed by atoms with Crippen molar-refractivity contribution in [1.82, 2.24) is 5.32 Å². The van der Waals surface area contributed by atoms with Gasteiger partial charge in [0.25, 0.3) is 0 Å². The first-order valence-electron chi connectivity index (χ1n) is 4.43. The van der Waals surface area contributed by atoms with E-state index in [2.05, 4.69) is 19.2 Å². The molecule has 2 atom stereocenters. The van der Waals surface area contributed by atoms with Crippen LogP contribution in [-0.4, -0.2) is 17.7 Å². The van der Waals surface area contributed by atoms with E-state index in [1.165, 1.54) is 0 Å². The first-order chi connectivity index (χ1) is 5.44. The van der Waals surface area contributed by atoms with Crippen LogP contribution in [0.4, 0.5) is 4.79 Å². The van der Waals surface area contributed by atoms with E-state index in [1.54, 1.807) is 0 Å². The van der Waals surface area contributed by atoms with Crippen molar-refractivity contribution in [1.29, 1.82) is 0 Å². The van der Waals surface area contributed by atoms with Gasteiger partial charge in [0.15, 0.2) is 0 Å². The van der Waals surface area contributed by atoms with Crippen molar-refractivity contribution in [3.63, 3.8) is 0 Å². The van der Waals surface area contributed by atoms with Crippen molar-refractivity contribution in [3.05, 3.63) is 0 Å². The smallest absolute Gasteiger partial charge is 0.408 e. The molecule has 1 fully saturated rings. The minimum Gasteiger partial charge on any atom is -0.441 e. The lowest BCUT2D eigenvalue weighted by atomic mass is 9.89. The molecule has 0 radical (unpaired) electrons. The average molecular weight is 171 g/mol. The minimum absolute atomic E-state index is 0.118. The predicted molar refractivity (Wildman–Crippen MR) is 46.9 cm³/mol. The largest absolute Gasteiger partial charge is 0.441 e. The Morgan fingerprint density at radius 1 is 1.67 bits per heavy atom. The maximum absolute atomic E-state index is 10.9. The topological polar surface area (TPSA) is 38.3 Å². The molecule has 70 valence electrons. The fourth-order valence-corrected chi connectivity index (χ4v) is 1.69. The van der Waals surface area contributed by atoms with Crippen molar-refractivity contribution in [3.8, 4) is 0 Å². The first kappa shape index (κ1) is 9.36. The highest BCUT2D eigenvalue weighted by molar-refractivity contribution is 5.70. The average Bonchev–Trinajstić information content (AvgIpc) is 2.04. The number of alkyl carbamates (subject to hydrolysis) is 1. The molecule has 3 heteroatoms. The summed E-state index contributed by atoms with van der Waals surface area (Å²) < 4.78 is 5.22. The zero-order valence-electron chi connectivity index (χ0n) is 8.18. The second-order valence-electron chi connectivity index (χ2n) is 4.17. The number of cyclic esters (lactones) is 1. The van der Waals surface area contributed by atoms with Crippen LogP contribution in [0.3, 0.4) is 0 Å². The summed E-state index contributed by atoms with van der Waals surface area (Å²) in [5, 5.41) is 2.75. The Morgan fingerprint density at radius 2 is 2.25 bits per heavy atom. The van der Waals surface area contributed by atoms with Crippen LogP contribution in [0.5, 0.6) is 0 Å². The highest BCUT2D eigenvalue weighted by atomic mass is 16.6. The van der Waals surface area contributed by atoms with Crippen molar-refractivity contribution in [2.75, 3.05) is 0 Å². The summed E-state index contributed by atoms with van der Waals surface area (Å²) >= 11 is 0. The molecule has 0 saturated carbocycles. The van der Waals surface area contributed by atoms with Gasteiger partial charge in [0.05, 0.1) is 6.04 Å². The number of carbonyl (C=O) groups is 1. The molecule has 1 heterocycles. The molecule has 1 amide bonds. The van der Waals surface area contributed by atoms with Crippen LogP contribution in [0.25, 0.3) is 0 Å². The number of hydrogen-bond donors (Lipinski definition) is 1. The van der Waals surface area contributed by atoms with Gasteiger partial charge in [-0.25, -0.2) is 4.79 Å². The Balaban J connectivity index is 2.64. The SMILES string of the molecule is CC(C)CC1(C)OC(=O)NC1C. The van der Waals surface area contributed by atoms with Crippen LogP contribution in [0, 0.1) is 5.92 Å². The van der Waals surface area contributed by atoms with Gasteiger partial charge < -0.3 is 10.1 Å². The van der Waals surface area contributed by atoms with E-state index in [-0.39, 0.29) is 17.7 Å². The van der Waals surface area contributed by atoms with Gasteiger partial charge in [-0.1, -0.05) is 13.8 Å². The van der Waals surface area contributed by atoms with Crippen LogP contribution < -0.4 is 5.32 Å². The van der Waals surface area contributed by atoms with E-state index >= 15 is 0 Å². The van der Waals surface area contributed by atoms with Gasteiger partial charge in [-0.05, 0) is 26.2 Å². The Bertz CT molecular complexity index is 191. The third-order valence-corrected chi connectivity index (χ3v) is 2.39. The molecule has 0 aromatic heterocycles. The Hall–Kier alpha value is -0.730. The lowest BCUT2D eigenvalue weighted by Crippen LogP contribution is -2.39. The highest BCUT2D eigenvalue weighted by Crippen LogP contribution is 2.28. The fourth-order valence-electron chi connectivity index (χ4n) is 1.69. The van der Waals surface area contributed by atoms with E-state index in [9.17, 15) is 4.79 Å².